The van der Waals surface area contributed by atoms with Gasteiger partial charge in [0.05, 0.1) is 25.6 Å². The van der Waals surface area contributed by atoms with Crippen LogP contribution in [-0.2, 0) is 24.0 Å². The molecule has 0 aromatic rings. The highest BCUT2D eigenvalue weighted by Gasteiger charge is 2.25. The zero-order chi connectivity index (χ0) is 18.9. The molecule has 0 aromatic carbocycles. The van der Waals surface area contributed by atoms with E-state index in [1.54, 1.807) is 0 Å². The summed E-state index contributed by atoms with van der Waals surface area (Å²) in [5.74, 6) is -5.51. The maximum Gasteiger partial charge on any atom is 0.326 e. The molecule has 0 radical (unpaired) electrons. The number of aliphatic hydroxyl groups is 1. The Balaban J connectivity index is 4.50. The third kappa shape index (κ3) is 8.05. The average Bonchev–Trinajstić information content (AvgIpc) is 2.48. The number of nitrogens with two attached hydrogens (primary N) is 1. The lowest BCUT2D eigenvalue weighted by Gasteiger charge is -2.18. The van der Waals surface area contributed by atoms with Crippen LogP contribution in [0.5, 0.6) is 0 Å². The number of carbonyl (C=O) groups excluding carboxylic acids is 3. The Bertz CT molecular complexity index is 507. The molecule has 0 fully saturated rings. The lowest BCUT2D eigenvalue weighted by Crippen LogP contribution is -2.54. The molecule has 8 N–H and O–H groups in total. The van der Waals surface area contributed by atoms with E-state index in [-0.39, 0.29) is 0 Å². The molecule has 0 heterocycles. The average molecular weight is 348 g/mol. The largest absolute Gasteiger partial charge is 0.481 e. The van der Waals surface area contributed by atoms with E-state index in [2.05, 4.69) is 10.6 Å². The highest BCUT2D eigenvalue weighted by molar-refractivity contribution is 5.93. The van der Waals surface area contributed by atoms with Crippen LogP contribution >= 0.6 is 0 Å². The first-order chi connectivity index (χ1) is 11.1. The fourth-order valence-corrected chi connectivity index (χ4v) is 1.41. The summed E-state index contributed by atoms with van der Waals surface area (Å²) in [6, 6.07) is -3.91. The molecule has 136 valence electrons. The molecular weight excluding hydrogens is 328 g/mol. The summed E-state index contributed by atoms with van der Waals surface area (Å²) >= 11 is 0. The summed E-state index contributed by atoms with van der Waals surface area (Å²) in [5, 5.41) is 32.5. The Morgan fingerprint density at radius 2 is 1.58 bits per heavy atom. The number of aliphatic carboxylic acids is 2. The van der Waals surface area contributed by atoms with E-state index in [0.717, 1.165) is 0 Å². The van der Waals surface area contributed by atoms with E-state index in [1.807, 2.05) is 5.32 Å². The Morgan fingerprint density at radius 1 is 1.00 bits per heavy atom. The van der Waals surface area contributed by atoms with Gasteiger partial charge < -0.3 is 37.0 Å². The standard InChI is InChI=1S/C12H20N4O8/c1-5(13)10(21)16-7(4-17)11(22)14-3-8(18)15-6(12(23)24)2-9(19)20/h5-7,17H,2-4,13H2,1H3,(H,14,22)(H,15,18)(H,16,21)(H,19,20)(H,23,24). The van der Waals surface area contributed by atoms with Gasteiger partial charge in [-0.1, -0.05) is 0 Å². The van der Waals surface area contributed by atoms with Crippen LogP contribution in [0.2, 0.25) is 0 Å². The highest BCUT2D eigenvalue weighted by Crippen LogP contribution is 1.93. The van der Waals surface area contributed by atoms with Crippen molar-refractivity contribution in [2.45, 2.75) is 31.5 Å². The van der Waals surface area contributed by atoms with Gasteiger partial charge in [-0.15, -0.1) is 0 Å². The summed E-state index contributed by atoms with van der Waals surface area (Å²) in [5.41, 5.74) is 5.29. The summed E-state index contributed by atoms with van der Waals surface area (Å²) in [4.78, 5) is 55.9. The molecule has 24 heavy (non-hydrogen) atoms. The third-order valence-corrected chi connectivity index (χ3v) is 2.66. The van der Waals surface area contributed by atoms with Crippen LogP contribution in [0, 0.1) is 0 Å². The van der Waals surface area contributed by atoms with Crippen molar-refractivity contribution in [2.75, 3.05) is 13.2 Å². The lowest BCUT2D eigenvalue weighted by molar-refractivity contribution is -0.147. The topological polar surface area (TPSA) is 208 Å². The van der Waals surface area contributed by atoms with E-state index in [9.17, 15) is 24.0 Å². The second kappa shape index (κ2) is 10.1. The fourth-order valence-electron chi connectivity index (χ4n) is 1.41. The first-order valence-corrected chi connectivity index (χ1v) is 6.77. The van der Waals surface area contributed by atoms with Gasteiger partial charge in [-0.05, 0) is 6.92 Å². The van der Waals surface area contributed by atoms with Crippen molar-refractivity contribution in [2.24, 2.45) is 5.73 Å². The first kappa shape index (κ1) is 21.3. The fraction of sp³-hybridized carbons (Fsp3) is 0.583. The second-order valence-electron chi connectivity index (χ2n) is 4.81. The number of nitrogens with one attached hydrogen (secondary N) is 3. The van der Waals surface area contributed by atoms with Gasteiger partial charge in [0.1, 0.15) is 12.1 Å². The highest BCUT2D eigenvalue weighted by atomic mass is 16.4. The van der Waals surface area contributed by atoms with E-state index < -0.39 is 67.4 Å². The van der Waals surface area contributed by atoms with E-state index in [4.69, 9.17) is 21.1 Å². The van der Waals surface area contributed by atoms with Crippen molar-refractivity contribution in [1.82, 2.24) is 16.0 Å². The monoisotopic (exact) mass is 348 g/mol. The van der Waals surface area contributed by atoms with Crippen molar-refractivity contribution in [3.63, 3.8) is 0 Å². The molecule has 0 aliphatic heterocycles. The van der Waals surface area contributed by atoms with Crippen molar-refractivity contribution in [1.29, 1.82) is 0 Å². The molecule has 0 rings (SSSR count). The molecule has 0 aliphatic carbocycles. The van der Waals surface area contributed by atoms with Gasteiger partial charge in [0.15, 0.2) is 0 Å². The smallest absolute Gasteiger partial charge is 0.326 e. The number of hydrogen-bond acceptors (Lipinski definition) is 7. The Hall–Kier alpha value is -2.73. The van der Waals surface area contributed by atoms with E-state index in [1.165, 1.54) is 6.92 Å². The van der Waals surface area contributed by atoms with Gasteiger partial charge in [0.2, 0.25) is 17.7 Å². The summed E-state index contributed by atoms with van der Waals surface area (Å²) in [6.45, 7) is -0.0565. The van der Waals surface area contributed by atoms with Crippen molar-refractivity contribution < 1.29 is 39.3 Å². The van der Waals surface area contributed by atoms with E-state index >= 15 is 0 Å². The van der Waals surface area contributed by atoms with Gasteiger partial charge in [-0.3, -0.25) is 19.2 Å². The van der Waals surface area contributed by atoms with Crippen molar-refractivity contribution in [3.05, 3.63) is 0 Å². The van der Waals surface area contributed by atoms with Crippen LogP contribution in [0.3, 0.4) is 0 Å². The molecule has 0 saturated heterocycles. The molecule has 0 aromatic heterocycles. The number of rotatable bonds is 10. The van der Waals surface area contributed by atoms with Gasteiger partial charge >= 0.3 is 11.9 Å². The Kier molecular flexibility index (Phi) is 8.97. The normalized spacial score (nSPS) is 14.0. The minimum atomic E-state index is -1.65. The number of carbonyl (C=O) groups is 5. The number of amides is 3. The number of carboxylic acid groups (broad SMARTS) is 2. The molecule has 3 unspecified atom stereocenters. The minimum Gasteiger partial charge on any atom is -0.481 e. The zero-order valence-corrected chi connectivity index (χ0v) is 12.8. The molecule has 0 aliphatic rings. The predicted molar refractivity (Wildman–Crippen MR) is 77.5 cm³/mol. The van der Waals surface area contributed by atoms with Crippen LogP contribution in [0.4, 0.5) is 0 Å². The van der Waals surface area contributed by atoms with Crippen LogP contribution < -0.4 is 21.7 Å². The molecule has 0 spiro atoms. The van der Waals surface area contributed by atoms with Gasteiger partial charge in [-0.25, -0.2) is 4.79 Å². The maximum atomic E-state index is 11.7. The van der Waals surface area contributed by atoms with Crippen molar-refractivity contribution in [3.8, 4) is 0 Å². The number of carboxylic acids is 2. The van der Waals surface area contributed by atoms with Gasteiger partial charge in [0, 0.05) is 0 Å². The Labute approximate surface area is 136 Å². The summed E-state index contributed by atoms with van der Waals surface area (Å²) in [7, 11) is 0. The molecule has 0 saturated carbocycles. The number of hydrogen-bond donors (Lipinski definition) is 7. The molecule has 3 amide bonds. The molecule has 0 bridgehead atoms. The molecule has 3 atom stereocenters. The van der Waals surface area contributed by atoms with Crippen molar-refractivity contribution >= 4 is 29.7 Å². The van der Waals surface area contributed by atoms with Crippen LogP contribution in [0.25, 0.3) is 0 Å². The first-order valence-electron chi connectivity index (χ1n) is 6.77. The quantitative estimate of drug-likeness (QED) is 0.205. The Morgan fingerprint density at radius 3 is 2.00 bits per heavy atom. The summed E-state index contributed by atoms with van der Waals surface area (Å²) < 4.78 is 0. The lowest BCUT2D eigenvalue weighted by atomic mass is 10.2. The second-order valence-corrected chi connectivity index (χ2v) is 4.81. The van der Waals surface area contributed by atoms with Crippen LogP contribution in [0.15, 0.2) is 0 Å². The van der Waals surface area contributed by atoms with Crippen LogP contribution in [0.1, 0.15) is 13.3 Å². The minimum absolute atomic E-state index is 0.674. The van der Waals surface area contributed by atoms with Gasteiger partial charge in [0.25, 0.3) is 0 Å². The van der Waals surface area contributed by atoms with Gasteiger partial charge in [-0.2, -0.15) is 0 Å². The third-order valence-electron chi connectivity index (χ3n) is 2.66. The maximum absolute atomic E-state index is 11.7. The zero-order valence-electron chi connectivity index (χ0n) is 12.8. The summed E-state index contributed by atoms with van der Waals surface area (Å²) in [6.07, 6.45) is -0.835. The number of aliphatic hydroxyl groups excluding tert-OH is 1. The SMILES string of the molecule is CC(N)C(=O)NC(CO)C(=O)NCC(=O)NC(CC(=O)O)C(=O)O. The molecule has 12 nitrogen and oxygen atoms in total. The predicted octanol–water partition coefficient (Wildman–Crippen LogP) is -4.03. The molecular formula is C12H20N4O8. The van der Waals surface area contributed by atoms with Crippen LogP contribution in [-0.4, -0.2) is 76.3 Å². The molecule has 12 heteroatoms. The van der Waals surface area contributed by atoms with E-state index in [0.29, 0.717) is 0 Å².